The van der Waals surface area contributed by atoms with Crippen molar-refractivity contribution in [2.24, 2.45) is 0 Å². The summed E-state index contributed by atoms with van der Waals surface area (Å²) >= 11 is 6.99. The number of halogens is 2. The van der Waals surface area contributed by atoms with E-state index in [0.29, 0.717) is 0 Å². The van der Waals surface area contributed by atoms with Crippen molar-refractivity contribution in [3.63, 3.8) is 0 Å². The lowest BCUT2D eigenvalue weighted by molar-refractivity contribution is 0.409. The van der Waals surface area contributed by atoms with Crippen LogP contribution in [0.5, 0.6) is 5.75 Å². The van der Waals surface area contributed by atoms with Crippen LogP contribution in [0.1, 0.15) is 5.56 Å². The predicted octanol–water partition coefficient (Wildman–Crippen LogP) is 2.60. The van der Waals surface area contributed by atoms with Crippen LogP contribution in [0.15, 0.2) is 33.5 Å². The fraction of sp³-hybridized carbons (Fsp3) is 0.333. The zero-order valence-electron chi connectivity index (χ0n) is 10.4. The van der Waals surface area contributed by atoms with Gasteiger partial charge in [-0.2, -0.15) is 0 Å². The molecule has 102 valence electrons. The van der Waals surface area contributed by atoms with Gasteiger partial charge in [-0.15, -0.1) is 5.10 Å². The van der Waals surface area contributed by atoms with Crippen molar-refractivity contribution in [1.82, 2.24) is 20.3 Å². The molecule has 19 heavy (non-hydrogen) atoms. The topological polar surface area (TPSA) is 52.0 Å². The maximum Gasteiger partial charge on any atom is 0.147 e. The molecule has 0 saturated heterocycles. The van der Waals surface area contributed by atoms with E-state index in [1.54, 1.807) is 18.0 Å². The minimum atomic E-state index is 0.788. The molecule has 1 N–H and O–H groups in total. The Balaban J connectivity index is 1.86. The van der Waals surface area contributed by atoms with E-state index >= 15 is 0 Å². The second kappa shape index (κ2) is 7.02. The maximum absolute atomic E-state index is 5.27. The van der Waals surface area contributed by atoms with Crippen LogP contribution in [0.3, 0.4) is 0 Å². The van der Waals surface area contributed by atoms with E-state index in [0.717, 1.165) is 34.3 Å². The van der Waals surface area contributed by atoms with Gasteiger partial charge in [-0.3, -0.25) is 4.68 Å². The van der Waals surface area contributed by atoms with Crippen LogP contribution < -0.4 is 10.1 Å². The van der Waals surface area contributed by atoms with Crippen LogP contribution >= 0.6 is 31.9 Å². The molecule has 0 unspecified atom stereocenters. The summed E-state index contributed by atoms with van der Waals surface area (Å²) in [4.78, 5) is 0. The van der Waals surface area contributed by atoms with Crippen molar-refractivity contribution in [2.75, 3.05) is 13.7 Å². The molecule has 0 saturated carbocycles. The summed E-state index contributed by atoms with van der Waals surface area (Å²) in [7, 11) is 1.65. The zero-order chi connectivity index (χ0) is 13.7. The second-order valence-corrected chi connectivity index (χ2v) is 5.64. The predicted molar refractivity (Wildman–Crippen MR) is 80.1 cm³/mol. The van der Waals surface area contributed by atoms with Gasteiger partial charge in [0.25, 0.3) is 0 Å². The molecule has 0 atom stereocenters. The first-order chi connectivity index (χ1) is 9.20. The van der Waals surface area contributed by atoms with Gasteiger partial charge in [0.1, 0.15) is 5.75 Å². The summed E-state index contributed by atoms with van der Waals surface area (Å²) in [5.74, 6) is 0.811. The number of hydrogen-bond donors (Lipinski definition) is 1. The van der Waals surface area contributed by atoms with E-state index in [1.807, 2.05) is 18.3 Å². The lowest BCUT2D eigenvalue weighted by atomic mass is 10.2. The summed E-state index contributed by atoms with van der Waals surface area (Å²) < 4.78 is 8.96. The standard InChI is InChI=1S/C12H14Br2N4O/c1-19-12-10(13)6-9(7-11(12)14)8-15-2-4-18-5-3-16-17-18/h3,5-7,15H,2,4,8H2,1H3. The zero-order valence-corrected chi connectivity index (χ0v) is 13.6. The monoisotopic (exact) mass is 388 g/mol. The Morgan fingerprint density at radius 3 is 2.63 bits per heavy atom. The Kier molecular flexibility index (Phi) is 5.35. The second-order valence-electron chi connectivity index (χ2n) is 3.94. The van der Waals surface area contributed by atoms with Gasteiger partial charge in [-0.25, -0.2) is 0 Å². The van der Waals surface area contributed by atoms with E-state index in [9.17, 15) is 0 Å². The molecule has 0 radical (unpaired) electrons. The third-order valence-electron chi connectivity index (χ3n) is 2.58. The molecule has 0 bridgehead atoms. The summed E-state index contributed by atoms with van der Waals surface area (Å²) in [6, 6.07) is 4.10. The van der Waals surface area contributed by atoms with E-state index in [-0.39, 0.29) is 0 Å². The van der Waals surface area contributed by atoms with Crippen LogP contribution in [0.4, 0.5) is 0 Å². The third kappa shape index (κ3) is 4.02. The molecule has 1 heterocycles. The number of rotatable bonds is 6. The van der Waals surface area contributed by atoms with Crippen LogP contribution in [-0.2, 0) is 13.1 Å². The van der Waals surface area contributed by atoms with Crippen LogP contribution in [0.2, 0.25) is 0 Å². The van der Waals surface area contributed by atoms with Gasteiger partial charge in [-0.1, -0.05) is 5.21 Å². The fourth-order valence-electron chi connectivity index (χ4n) is 1.69. The molecule has 0 aliphatic carbocycles. The molecule has 2 rings (SSSR count). The lowest BCUT2D eigenvalue weighted by Gasteiger charge is -2.10. The Morgan fingerprint density at radius 2 is 2.05 bits per heavy atom. The smallest absolute Gasteiger partial charge is 0.147 e. The Morgan fingerprint density at radius 1 is 1.32 bits per heavy atom. The first-order valence-electron chi connectivity index (χ1n) is 5.77. The van der Waals surface area contributed by atoms with Gasteiger partial charge < -0.3 is 10.1 Å². The SMILES string of the molecule is COc1c(Br)cc(CNCCn2ccnn2)cc1Br. The molecule has 0 amide bonds. The van der Waals surface area contributed by atoms with Gasteiger partial charge in [-0.05, 0) is 49.6 Å². The van der Waals surface area contributed by atoms with Gasteiger partial charge in [0.05, 0.1) is 28.8 Å². The molecule has 0 fully saturated rings. The Labute approximate surface area is 128 Å². The minimum absolute atomic E-state index is 0.788. The number of hydrogen-bond acceptors (Lipinski definition) is 4. The molecule has 1 aromatic heterocycles. The number of nitrogens with one attached hydrogen (secondary N) is 1. The van der Waals surface area contributed by atoms with Gasteiger partial charge >= 0.3 is 0 Å². The molecular formula is C12H14Br2N4O. The van der Waals surface area contributed by atoms with Gasteiger partial charge in [0.2, 0.25) is 0 Å². The van der Waals surface area contributed by atoms with E-state index < -0.39 is 0 Å². The molecular weight excluding hydrogens is 376 g/mol. The maximum atomic E-state index is 5.27. The van der Waals surface area contributed by atoms with Crippen molar-refractivity contribution in [1.29, 1.82) is 0 Å². The molecule has 0 aliphatic rings. The van der Waals surface area contributed by atoms with Gasteiger partial charge in [0, 0.05) is 19.3 Å². The Hall–Kier alpha value is -0.920. The average molecular weight is 390 g/mol. The highest BCUT2D eigenvalue weighted by molar-refractivity contribution is 9.11. The van der Waals surface area contributed by atoms with E-state index in [2.05, 4.69) is 47.5 Å². The highest BCUT2D eigenvalue weighted by Crippen LogP contribution is 2.34. The quantitative estimate of drug-likeness (QED) is 0.771. The summed E-state index contributed by atoms with van der Waals surface area (Å²) in [5, 5.41) is 11.0. The fourth-order valence-corrected chi connectivity index (χ4v) is 3.29. The van der Waals surface area contributed by atoms with Crippen molar-refractivity contribution in [3.05, 3.63) is 39.0 Å². The van der Waals surface area contributed by atoms with E-state index in [1.165, 1.54) is 5.56 Å². The first kappa shape index (κ1) is 14.5. The molecule has 2 aromatic rings. The van der Waals surface area contributed by atoms with E-state index in [4.69, 9.17) is 4.74 Å². The molecule has 1 aromatic carbocycles. The molecule has 0 aliphatic heterocycles. The highest BCUT2D eigenvalue weighted by atomic mass is 79.9. The van der Waals surface area contributed by atoms with Crippen LogP contribution in [0, 0.1) is 0 Å². The summed E-state index contributed by atoms with van der Waals surface area (Å²) in [5.41, 5.74) is 1.18. The van der Waals surface area contributed by atoms with Crippen LogP contribution in [-0.4, -0.2) is 28.6 Å². The number of benzene rings is 1. The summed E-state index contributed by atoms with van der Waals surface area (Å²) in [6.07, 6.45) is 3.53. The number of ether oxygens (including phenoxy) is 1. The van der Waals surface area contributed by atoms with Crippen molar-refractivity contribution >= 4 is 31.9 Å². The number of nitrogens with zero attached hydrogens (tertiary/aromatic N) is 3. The normalized spacial score (nSPS) is 10.7. The molecule has 7 heteroatoms. The average Bonchev–Trinajstić information content (AvgIpc) is 2.87. The summed E-state index contributed by atoms with van der Waals surface area (Å²) in [6.45, 7) is 2.43. The number of methoxy groups -OCH3 is 1. The lowest BCUT2D eigenvalue weighted by Crippen LogP contribution is -2.19. The Bertz CT molecular complexity index is 508. The van der Waals surface area contributed by atoms with Gasteiger partial charge in [0.15, 0.2) is 0 Å². The highest BCUT2D eigenvalue weighted by Gasteiger charge is 2.07. The largest absolute Gasteiger partial charge is 0.494 e. The van der Waals surface area contributed by atoms with Crippen LogP contribution in [0.25, 0.3) is 0 Å². The van der Waals surface area contributed by atoms with Crippen molar-refractivity contribution < 1.29 is 4.74 Å². The molecule has 5 nitrogen and oxygen atoms in total. The molecule has 0 spiro atoms. The number of aromatic nitrogens is 3. The third-order valence-corrected chi connectivity index (χ3v) is 3.76. The minimum Gasteiger partial charge on any atom is -0.494 e. The first-order valence-corrected chi connectivity index (χ1v) is 7.36. The van der Waals surface area contributed by atoms with Crippen molar-refractivity contribution in [3.8, 4) is 5.75 Å². The van der Waals surface area contributed by atoms with Crippen molar-refractivity contribution in [2.45, 2.75) is 13.1 Å².